The summed E-state index contributed by atoms with van der Waals surface area (Å²) in [6.07, 6.45) is 1.94. The van der Waals surface area contributed by atoms with E-state index >= 15 is 0 Å². The predicted octanol–water partition coefficient (Wildman–Crippen LogP) is 3.65. The van der Waals surface area contributed by atoms with Crippen molar-refractivity contribution in [1.82, 2.24) is 0 Å². The van der Waals surface area contributed by atoms with Gasteiger partial charge in [-0.25, -0.2) is 0 Å². The van der Waals surface area contributed by atoms with Crippen LogP contribution in [0.5, 0.6) is 0 Å². The van der Waals surface area contributed by atoms with Crippen LogP contribution in [0.1, 0.15) is 33.6 Å². The van der Waals surface area contributed by atoms with Gasteiger partial charge >= 0.3 is 5.69 Å². The molecule has 0 unspecified atom stereocenters. The molecule has 0 saturated heterocycles. The van der Waals surface area contributed by atoms with Gasteiger partial charge in [-0.15, -0.1) is 0 Å². The minimum Gasteiger partial charge on any atom is -0.380 e. The van der Waals surface area contributed by atoms with E-state index in [9.17, 15) is 10.1 Å². The van der Waals surface area contributed by atoms with Gasteiger partial charge in [-0.1, -0.05) is 19.9 Å². The topological polar surface area (TPSA) is 58.4 Å². The first-order valence-electron chi connectivity index (χ1n) is 6.80. The third kappa shape index (κ3) is 3.36. The van der Waals surface area contributed by atoms with Gasteiger partial charge in [0.25, 0.3) is 0 Å². The second kappa shape index (κ2) is 6.97. The van der Waals surface area contributed by atoms with Crippen molar-refractivity contribution in [1.29, 1.82) is 0 Å². The first kappa shape index (κ1) is 15.3. The van der Waals surface area contributed by atoms with E-state index in [0.29, 0.717) is 24.0 Å². The van der Waals surface area contributed by atoms with Crippen molar-refractivity contribution >= 4 is 17.1 Å². The van der Waals surface area contributed by atoms with Gasteiger partial charge in [-0.05, 0) is 31.9 Å². The summed E-state index contributed by atoms with van der Waals surface area (Å²) in [4.78, 5) is 13.1. The number of benzene rings is 1. The molecule has 0 aromatic heterocycles. The molecule has 0 heterocycles. The Morgan fingerprint density at radius 3 is 2.42 bits per heavy atom. The van der Waals surface area contributed by atoms with Crippen molar-refractivity contribution in [2.75, 3.05) is 23.8 Å². The van der Waals surface area contributed by atoms with Crippen LogP contribution in [-0.4, -0.2) is 24.6 Å². The van der Waals surface area contributed by atoms with Crippen LogP contribution in [0.2, 0.25) is 0 Å². The molecule has 0 radical (unpaired) electrons. The third-order valence-corrected chi connectivity index (χ3v) is 3.43. The van der Waals surface area contributed by atoms with E-state index in [1.54, 1.807) is 6.07 Å². The molecule has 5 nitrogen and oxygen atoms in total. The van der Waals surface area contributed by atoms with E-state index in [0.717, 1.165) is 12.8 Å². The standard InChI is InChI=1S/C14H23N3O2/c1-5-11(6-2)16(4)13-10-8-9-12(15-7-3)14(13)17(18)19/h8-11,15H,5-7H2,1-4H3. The zero-order valence-electron chi connectivity index (χ0n) is 12.1. The molecule has 0 bridgehead atoms. The molecule has 106 valence electrons. The van der Waals surface area contributed by atoms with E-state index in [1.165, 1.54) is 0 Å². The van der Waals surface area contributed by atoms with Crippen LogP contribution in [-0.2, 0) is 0 Å². The van der Waals surface area contributed by atoms with Crippen LogP contribution < -0.4 is 10.2 Å². The zero-order valence-corrected chi connectivity index (χ0v) is 12.1. The Labute approximate surface area is 114 Å². The lowest BCUT2D eigenvalue weighted by atomic mass is 10.1. The molecule has 0 spiro atoms. The summed E-state index contributed by atoms with van der Waals surface area (Å²) in [5, 5.41) is 14.4. The Kier molecular flexibility index (Phi) is 5.60. The summed E-state index contributed by atoms with van der Waals surface area (Å²) in [5.74, 6) is 0. The summed E-state index contributed by atoms with van der Waals surface area (Å²) in [5.41, 5.74) is 1.43. The first-order valence-corrected chi connectivity index (χ1v) is 6.80. The van der Waals surface area contributed by atoms with Crippen molar-refractivity contribution in [2.45, 2.75) is 39.7 Å². The smallest absolute Gasteiger partial charge is 0.315 e. The highest BCUT2D eigenvalue weighted by Gasteiger charge is 2.24. The van der Waals surface area contributed by atoms with Crippen LogP contribution in [0.15, 0.2) is 18.2 Å². The maximum atomic E-state index is 11.4. The summed E-state index contributed by atoms with van der Waals surface area (Å²) < 4.78 is 0. The van der Waals surface area contributed by atoms with Gasteiger partial charge in [0.05, 0.1) is 4.92 Å². The highest BCUT2D eigenvalue weighted by molar-refractivity contribution is 5.77. The van der Waals surface area contributed by atoms with Gasteiger partial charge in [-0.2, -0.15) is 0 Å². The van der Waals surface area contributed by atoms with Crippen LogP contribution in [0, 0.1) is 10.1 Å². The molecular weight excluding hydrogens is 242 g/mol. The minimum absolute atomic E-state index is 0.166. The lowest BCUT2D eigenvalue weighted by Crippen LogP contribution is -2.31. The number of hydrogen-bond donors (Lipinski definition) is 1. The average Bonchev–Trinajstić information content (AvgIpc) is 2.39. The molecule has 1 rings (SSSR count). The lowest BCUT2D eigenvalue weighted by Gasteiger charge is -2.28. The number of anilines is 2. The molecule has 19 heavy (non-hydrogen) atoms. The third-order valence-electron chi connectivity index (χ3n) is 3.43. The second-order valence-corrected chi connectivity index (χ2v) is 4.54. The van der Waals surface area contributed by atoms with Crippen molar-refractivity contribution in [2.24, 2.45) is 0 Å². The summed E-state index contributed by atoms with van der Waals surface area (Å²) in [7, 11) is 1.93. The normalized spacial score (nSPS) is 10.6. The second-order valence-electron chi connectivity index (χ2n) is 4.54. The minimum atomic E-state index is -0.299. The molecule has 1 N–H and O–H groups in total. The number of para-hydroxylation sites is 1. The molecule has 1 aromatic rings. The summed E-state index contributed by atoms with van der Waals surface area (Å²) >= 11 is 0. The molecular formula is C14H23N3O2. The highest BCUT2D eigenvalue weighted by Crippen LogP contribution is 2.36. The summed E-state index contributed by atoms with van der Waals surface area (Å²) in [6.45, 7) is 6.80. The van der Waals surface area contributed by atoms with Crippen LogP contribution in [0.25, 0.3) is 0 Å². The van der Waals surface area contributed by atoms with E-state index in [-0.39, 0.29) is 10.6 Å². The van der Waals surface area contributed by atoms with E-state index in [4.69, 9.17) is 0 Å². The Balaban J connectivity index is 3.26. The monoisotopic (exact) mass is 265 g/mol. The zero-order chi connectivity index (χ0) is 14.4. The Morgan fingerprint density at radius 2 is 1.95 bits per heavy atom. The molecule has 0 atom stereocenters. The lowest BCUT2D eigenvalue weighted by molar-refractivity contribution is -0.383. The SMILES string of the molecule is CCNc1cccc(N(C)C(CC)CC)c1[N+](=O)[O-]. The van der Waals surface area contributed by atoms with E-state index < -0.39 is 0 Å². The molecule has 0 aliphatic carbocycles. The molecule has 5 heteroatoms. The van der Waals surface area contributed by atoms with Crippen molar-refractivity contribution in [3.8, 4) is 0 Å². The van der Waals surface area contributed by atoms with Crippen molar-refractivity contribution < 1.29 is 4.92 Å². The molecule has 0 saturated carbocycles. The van der Waals surface area contributed by atoms with Crippen LogP contribution in [0.3, 0.4) is 0 Å². The molecule has 0 amide bonds. The molecule has 0 aliphatic rings. The number of nitro groups is 1. The van der Waals surface area contributed by atoms with Gasteiger partial charge in [0, 0.05) is 19.6 Å². The largest absolute Gasteiger partial charge is 0.380 e. The quantitative estimate of drug-likeness (QED) is 0.604. The Hall–Kier alpha value is -1.78. The average molecular weight is 265 g/mol. The number of nitrogens with one attached hydrogen (secondary N) is 1. The van der Waals surface area contributed by atoms with Crippen molar-refractivity contribution in [3.05, 3.63) is 28.3 Å². The number of nitro benzene ring substituents is 1. The van der Waals surface area contributed by atoms with Gasteiger partial charge in [0.2, 0.25) is 0 Å². The van der Waals surface area contributed by atoms with Crippen LogP contribution in [0.4, 0.5) is 17.1 Å². The number of rotatable bonds is 7. The maximum absolute atomic E-state index is 11.4. The van der Waals surface area contributed by atoms with Crippen LogP contribution >= 0.6 is 0 Å². The Bertz CT molecular complexity index is 431. The highest BCUT2D eigenvalue weighted by atomic mass is 16.6. The molecule has 0 aliphatic heterocycles. The maximum Gasteiger partial charge on any atom is 0.315 e. The Morgan fingerprint density at radius 1 is 1.32 bits per heavy atom. The fraction of sp³-hybridized carbons (Fsp3) is 0.571. The fourth-order valence-corrected chi connectivity index (χ4v) is 2.37. The van der Waals surface area contributed by atoms with Gasteiger partial charge in [0.15, 0.2) is 0 Å². The number of nitrogens with zero attached hydrogens (tertiary/aromatic N) is 2. The molecule has 0 fully saturated rings. The van der Waals surface area contributed by atoms with Gasteiger partial charge in [-0.3, -0.25) is 10.1 Å². The first-order chi connectivity index (χ1) is 9.06. The number of hydrogen-bond acceptors (Lipinski definition) is 4. The predicted molar refractivity (Wildman–Crippen MR) is 80.0 cm³/mol. The van der Waals surface area contributed by atoms with Crippen molar-refractivity contribution in [3.63, 3.8) is 0 Å². The fourth-order valence-electron chi connectivity index (χ4n) is 2.37. The molecule has 1 aromatic carbocycles. The van der Waals surface area contributed by atoms with Gasteiger partial charge < -0.3 is 10.2 Å². The van der Waals surface area contributed by atoms with Gasteiger partial charge in [0.1, 0.15) is 11.4 Å². The summed E-state index contributed by atoms with van der Waals surface area (Å²) in [6, 6.07) is 5.75. The van der Waals surface area contributed by atoms with E-state index in [2.05, 4.69) is 19.2 Å². The van der Waals surface area contributed by atoms with E-state index in [1.807, 2.05) is 31.0 Å².